The van der Waals surface area contributed by atoms with E-state index in [0.29, 0.717) is 5.92 Å². The molecule has 0 saturated carbocycles. The van der Waals surface area contributed by atoms with Crippen LogP contribution in [0.1, 0.15) is 44.4 Å². The van der Waals surface area contributed by atoms with Crippen molar-refractivity contribution in [1.29, 1.82) is 0 Å². The molecule has 18 heavy (non-hydrogen) atoms. The molecule has 0 saturated heterocycles. The fourth-order valence-electron chi connectivity index (χ4n) is 1.69. The highest BCUT2D eigenvalue weighted by Gasteiger charge is 2.13. The van der Waals surface area contributed by atoms with Gasteiger partial charge in [0.1, 0.15) is 5.82 Å². The molecule has 3 heteroatoms. The van der Waals surface area contributed by atoms with E-state index in [2.05, 4.69) is 26.1 Å². The van der Waals surface area contributed by atoms with Crippen molar-refractivity contribution in [3.05, 3.63) is 29.1 Å². The number of hydrogen-bond acceptors (Lipinski definition) is 2. The number of nitrogens with one attached hydrogen (secondary N) is 1. The lowest BCUT2D eigenvalue weighted by atomic mass is 10.1. The summed E-state index contributed by atoms with van der Waals surface area (Å²) in [7, 11) is 1.91. The average molecular weight is 269 g/mol. The summed E-state index contributed by atoms with van der Waals surface area (Å²) in [5.74, 6) is 1.69. The molecule has 1 atom stereocenters. The molecule has 0 aliphatic rings. The Morgan fingerprint density at radius 1 is 1.28 bits per heavy atom. The van der Waals surface area contributed by atoms with Gasteiger partial charge in [-0.1, -0.05) is 13.8 Å². The molecule has 1 unspecified atom stereocenters. The summed E-state index contributed by atoms with van der Waals surface area (Å²) >= 11 is 1.84. The van der Waals surface area contributed by atoms with E-state index in [0.717, 1.165) is 16.9 Å². The Balaban J connectivity index is 2.89. The average Bonchev–Trinajstić information content (AvgIpc) is 2.32. The topological polar surface area (TPSA) is 12.0 Å². The van der Waals surface area contributed by atoms with E-state index in [1.165, 1.54) is 11.3 Å². The van der Waals surface area contributed by atoms with Gasteiger partial charge in [0, 0.05) is 10.9 Å². The highest BCUT2D eigenvalue weighted by Crippen LogP contribution is 2.30. The van der Waals surface area contributed by atoms with Crippen LogP contribution in [-0.2, 0) is 0 Å². The number of aryl methyl sites for hydroxylation is 1. The van der Waals surface area contributed by atoms with E-state index in [1.54, 1.807) is 6.07 Å². The first-order valence-corrected chi connectivity index (χ1v) is 7.54. The van der Waals surface area contributed by atoms with E-state index in [1.807, 2.05) is 31.8 Å². The number of rotatable bonds is 6. The van der Waals surface area contributed by atoms with E-state index in [4.69, 9.17) is 0 Å². The van der Waals surface area contributed by atoms with Crippen LogP contribution < -0.4 is 5.32 Å². The third kappa shape index (κ3) is 4.29. The monoisotopic (exact) mass is 269 g/mol. The molecule has 0 amide bonds. The molecule has 0 bridgehead atoms. The lowest BCUT2D eigenvalue weighted by Gasteiger charge is -2.17. The standard InChI is InChI=1S/C15H24FNS/c1-10(2)6-7-18-15-8-11(3)14(16)9-13(15)12(4)17-5/h8-10,12,17H,6-7H2,1-5H3. The van der Waals surface area contributed by atoms with Gasteiger partial charge in [-0.2, -0.15) is 0 Å². The van der Waals surface area contributed by atoms with Crippen molar-refractivity contribution >= 4 is 11.8 Å². The normalized spacial score (nSPS) is 13.1. The van der Waals surface area contributed by atoms with Crippen LogP contribution in [0.4, 0.5) is 4.39 Å². The SMILES string of the molecule is CNC(C)c1cc(F)c(C)cc1SCCC(C)C. The van der Waals surface area contributed by atoms with Crippen molar-refractivity contribution in [2.75, 3.05) is 12.8 Å². The summed E-state index contributed by atoms with van der Waals surface area (Å²) < 4.78 is 13.7. The maximum atomic E-state index is 13.7. The zero-order valence-electron chi connectivity index (χ0n) is 12.0. The van der Waals surface area contributed by atoms with E-state index < -0.39 is 0 Å². The van der Waals surface area contributed by atoms with Gasteiger partial charge >= 0.3 is 0 Å². The zero-order chi connectivity index (χ0) is 13.7. The Bertz CT molecular complexity index is 390. The maximum absolute atomic E-state index is 13.7. The smallest absolute Gasteiger partial charge is 0.126 e. The Hall–Kier alpha value is -0.540. The molecule has 0 aromatic heterocycles. The maximum Gasteiger partial charge on any atom is 0.126 e. The number of halogens is 1. The van der Waals surface area contributed by atoms with Crippen LogP contribution in [0.2, 0.25) is 0 Å². The summed E-state index contributed by atoms with van der Waals surface area (Å²) in [6.45, 7) is 8.35. The minimum Gasteiger partial charge on any atom is -0.313 e. The van der Waals surface area contributed by atoms with E-state index in [-0.39, 0.29) is 11.9 Å². The summed E-state index contributed by atoms with van der Waals surface area (Å²) in [5.41, 5.74) is 1.79. The van der Waals surface area contributed by atoms with Gasteiger partial charge < -0.3 is 5.32 Å². The van der Waals surface area contributed by atoms with Gasteiger partial charge in [0.05, 0.1) is 0 Å². The number of benzene rings is 1. The van der Waals surface area contributed by atoms with E-state index in [9.17, 15) is 4.39 Å². The predicted octanol–water partition coefficient (Wildman–Crippen LogP) is 4.55. The predicted molar refractivity (Wildman–Crippen MR) is 78.8 cm³/mol. The minimum atomic E-state index is -0.111. The Morgan fingerprint density at radius 2 is 1.94 bits per heavy atom. The first-order chi connectivity index (χ1) is 8.45. The van der Waals surface area contributed by atoms with Crippen molar-refractivity contribution in [2.45, 2.75) is 45.1 Å². The fourth-order valence-corrected chi connectivity index (χ4v) is 3.17. The molecule has 0 aliphatic carbocycles. The lowest BCUT2D eigenvalue weighted by Crippen LogP contribution is -2.14. The van der Waals surface area contributed by atoms with Crippen LogP contribution in [0, 0.1) is 18.7 Å². The summed E-state index contributed by atoms with van der Waals surface area (Å²) in [6.07, 6.45) is 1.19. The van der Waals surface area contributed by atoms with Gasteiger partial charge in [0.15, 0.2) is 0 Å². The summed E-state index contributed by atoms with van der Waals surface area (Å²) in [5, 5.41) is 3.19. The van der Waals surface area contributed by atoms with Crippen molar-refractivity contribution in [1.82, 2.24) is 5.32 Å². The largest absolute Gasteiger partial charge is 0.313 e. The van der Waals surface area contributed by atoms with Crippen molar-refractivity contribution in [2.24, 2.45) is 5.92 Å². The highest BCUT2D eigenvalue weighted by molar-refractivity contribution is 7.99. The van der Waals surface area contributed by atoms with Gasteiger partial charge in [-0.3, -0.25) is 0 Å². The summed E-state index contributed by atoms with van der Waals surface area (Å²) in [4.78, 5) is 1.21. The van der Waals surface area contributed by atoms with Crippen LogP contribution >= 0.6 is 11.8 Å². The molecular weight excluding hydrogens is 245 g/mol. The first-order valence-electron chi connectivity index (χ1n) is 6.55. The molecule has 0 fully saturated rings. The second-order valence-corrected chi connectivity index (χ2v) is 6.32. The molecule has 1 aromatic rings. The van der Waals surface area contributed by atoms with Crippen molar-refractivity contribution < 1.29 is 4.39 Å². The first kappa shape index (κ1) is 15.5. The van der Waals surface area contributed by atoms with Gasteiger partial charge in [0.25, 0.3) is 0 Å². The molecule has 0 heterocycles. The summed E-state index contributed by atoms with van der Waals surface area (Å²) in [6, 6.07) is 3.83. The lowest BCUT2D eigenvalue weighted by molar-refractivity contribution is 0.594. The van der Waals surface area contributed by atoms with Crippen LogP contribution in [0.15, 0.2) is 17.0 Å². The molecule has 0 spiro atoms. The van der Waals surface area contributed by atoms with Crippen LogP contribution in [0.3, 0.4) is 0 Å². The van der Waals surface area contributed by atoms with Gasteiger partial charge in [0.2, 0.25) is 0 Å². The van der Waals surface area contributed by atoms with Gasteiger partial charge in [-0.25, -0.2) is 4.39 Å². The van der Waals surface area contributed by atoms with Crippen LogP contribution in [0.5, 0.6) is 0 Å². The van der Waals surface area contributed by atoms with Crippen molar-refractivity contribution in [3.63, 3.8) is 0 Å². The second kappa shape index (κ2) is 7.15. The minimum absolute atomic E-state index is 0.111. The highest BCUT2D eigenvalue weighted by atomic mass is 32.2. The molecule has 0 aliphatic heterocycles. The molecule has 1 aromatic carbocycles. The van der Waals surface area contributed by atoms with Crippen LogP contribution in [0.25, 0.3) is 0 Å². The molecule has 0 radical (unpaired) electrons. The van der Waals surface area contributed by atoms with Gasteiger partial charge in [-0.15, -0.1) is 11.8 Å². The molecule has 1 N–H and O–H groups in total. The van der Waals surface area contributed by atoms with Crippen LogP contribution in [-0.4, -0.2) is 12.8 Å². The van der Waals surface area contributed by atoms with Gasteiger partial charge in [-0.05, 0) is 62.2 Å². The Morgan fingerprint density at radius 3 is 2.50 bits per heavy atom. The second-order valence-electron chi connectivity index (χ2n) is 5.18. The van der Waals surface area contributed by atoms with Crippen molar-refractivity contribution in [3.8, 4) is 0 Å². The van der Waals surface area contributed by atoms with E-state index >= 15 is 0 Å². The number of thioether (sulfide) groups is 1. The molecule has 1 nitrogen and oxygen atoms in total. The molecule has 1 rings (SSSR count). The Kier molecular flexibility index (Phi) is 6.16. The molecule has 102 valence electrons. The quantitative estimate of drug-likeness (QED) is 0.760. The zero-order valence-corrected chi connectivity index (χ0v) is 12.8. The Labute approximate surface area is 115 Å². The fraction of sp³-hybridized carbons (Fsp3) is 0.600. The molecular formula is C15H24FNS. The number of hydrogen-bond donors (Lipinski definition) is 1. The third-order valence-electron chi connectivity index (χ3n) is 3.14. The third-order valence-corrected chi connectivity index (χ3v) is 4.25.